The van der Waals surface area contributed by atoms with Gasteiger partial charge in [0.15, 0.2) is 0 Å². The van der Waals surface area contributed by atoms with Crippen LogP contribution in [0.1, 0.15) is 59.7 Å². The predicted molar refractivity (Wildman–Crippen MR) is 82.4 cm³/mol. The first-order chi connectivity index (χ1) is 10.1. The van der Waals surface area contributed by atoms with Crippen LogP contribution >= 0.6 is 11.3 Å². The van der Waals surface area contributed by atoms with Crippen molar-refractivity contribution in [1.29, 1.82) is 0 Å². The molecule has 0 N–H and O–H groups in total. The van der Waals surface area contributed by atoms with Gasteiger partial charge in [-0.2, -0.15) is 5.10 Å². The molecular formula is C15H20N4OS. The van der Waals surface area contributed by atoms with Gasteiger partial charge in [0, 0.05) is 36.7 Å². The van der Waals surface area contributed by atoms with Crippen LogP contribution in [0.15, 0.2) is 17.8 Å². The van der Waals surface area contributed by atoms with Gasteiger partial charge in [-0.25, -0.2) is 4.98 Å². The molecule has 0 spiro atoms. The Kier molecular flexibility index (Phi) is 3.80. The van der Waals surface area contributed by atoms with E-state index in [4.69, 9.17) is 0 Å². The van der Waals surface area contributed by atoms with Gasteiger partial charge in [-0.3, -0.25) is 9.48 Å². The van der Waals surface area contributed by atoms with Gasteiger partial charge in [0.2, 0.25) is 0 Å². The Morgan fingerprint density at radius 1 is 1.48 bits per heavy atom. The number of rotatable bonds is 3. The molecule has 1 aliphatic heterocycles. The number of hydrogen-bond acceptors (Lipinski definition) is 4. The molecule has 1 aliphatic rings. The largest absolute Gasteiger partial charge is 0.330 e. The van der Waals surface area contributed by atoms with Crippen LogP contribution in [-0.4, -0.2) is 32.1 Å². The summed E-state index contributed by atoms with van der Waals surface area (Å²) in [7, 11) is 1.90. The first-order valence-corrected chi connectivity index (χ1v) is 8.19. The number of aromatic nitrogens is 3. The van der Waals surface area contributed by atoms with Crippen LogP contribution in [0.3, 0.4) is 0 Å². The zero-order chi connectivity index (χ0) is 15.0. The monoisotopic (exact) mass is 304 g/mol. The minimum atomic E-state index is 0.0458. The lowest BCUT2D eigenvalue weighted by Gasteiger charge is -2.23. The van der Waals surface area contributed by atoms with Gasteiger partial charge in [0.05, 0.1) is 17.2 Å². The third kappa shape index (κ3) is 2.72. The molecule has 0 radical (unpaired) electrons. The number of nitrogens with zero attached hydrogens (tertiary/aromatic N) is 4. The molecule has 6 heteroatoms. The molecule has 1 saturated heterocycles. The molecule has 0 aromatic carbocycles. The first kappa shape index (κ1) is 14.3. The van der Waals surface area contributed by atoms with Crippen LogP contribution in [0, 0.1) is 0 Å². The fourth-order valence-corrected chi connectivity index (χ4v) is 3.58. The smallest absolute Gasteiger partial charge is 0.273 e. The van der Waals surface area contributed by atoms with Gasteiger partial charge in [0.1, 0.15) is 5.69 Å². The maximum absolute atomic E-state index is 12.7. The first-order valence-electron chi connectivity index (χ1n) is 7.31. The number of hydrogen-bond donors (Lipinski definition) is 0. The number of carbonyl (C=O) groups is 1. The van der Waals surface area contributed by atoms with Crippen molar-refractivity contribution >= 4 is 17.2 Å². The van der Waals surface area contributed by atoms with Gasteiger partial charge < -0.3 is 4.90 Å². The Labute approximate surface area is 128 Å². The Hall–Kier alpha value is -1.69. The Morgan fingerprint density at radius 2 is 2.29 bits per heavy atom. The van der Waals surface area contributed by atoms with Crippen molar-refractivity contribution in [2.24, 2.45) is 7.05 Å². The third-order valence-corrected chi connectivity index (χ3v) is 5.00. The summed E-state index contributed by atoms with van der Waals surface area (Å²) in [6.07, 6.45) is 5.89. The molecule has 0 unspecified atom stereocenters. The maximum atomic E-state index is 12.7. The number of likely N-dealkylation sites (tertiary alicyclic amines) is 1. The average Bonchev–Trinajstić information content (AvgIpc) is 3.17. The fraction of sp³-hybridized carbons (Fsp3) is 0.533. The van der Waals surface area contributed by atoms with Crippen LogP contribution in [-0.2, 0) is 7.05 Å². The average molecular weight is 304 g/mol. The minimum absolute atomic E-state index is 0.0458. The van der Waals surface area contributed by atoms with Crippen molar-refractivity contribution in [3.63, 3.8) is 0 Å². The summed E-state index contributed by atoms with van der Waals surface area (Å²) >= 11 is 1.57. The highest BCUT2D eigenvalue weighted by Gasteiger charge is 2.32. The molecule has 21 heavy (non-hydrogen) atoms. The molecule has 0 saturated carbocycles. The van der Waals surface area contributed by atoms with Crippen molar-refractivity contribution in [3.05, 3.63) is 34.0 Å². The van der Waals surface area contributed by atoms with Gasteiger partial charge in [-0.15, -0.1) is 11.3 Å². The molecule has 0 aliphatic carbocycles. The van der Waals surface area contributed by atoms with Crippen LogP contribution in [0.2, 0.25) is 0 Å². The van der Waals surface area contributed by atoms with Gasteiger partial charge in [-0.1, -0.05) is 13.8 Å². The highest BCUT2D eigenvalue weighted by atomic mass is 32.1. The van der Waals surface area contributed by atoms with Crippen molar-refractivity contribution < 1.29 is 4.79 Å². The summed E-state index contributed by atoms with van der Waals surface area (Å²) < 4.78 is 1.79. The second-order valence-corrected chi connectivity index (χ2v) is 6.72. The molecule has 3 heterocycles. The van der Waals surface area contributed by atoms with Gasteiger partial charge >= 0.3 is 0 Å². The molecule has 1 fully saturated rings. The van der Waals surface area contributed by atoms with E-state index in [0.717, 1.165) is 30.0 Å². The Balaban J connectivity index is 1.82. The summed E-state index contributed by atoms with van der Waals surface area (Å²) in [5.74, 6) is 0.411. The number of thiazole rings is 1. The lowest BCUT2D eigenvalue weighted by molar-refractivity contribution is 0.0730. The third-order valence-electron chi connectivity index (χ3n) is 3.86. The summed E-state index contributed by atoms with van der Waals surface area (Å²) in [4.78, 5) is 19.2. The molecule has 1 amide bonds. The second kappa shape index (κ2) is 5.60. The zero-order valence-electron chi connectivity index (χ0n) is 12.6. The fourth-order valence-electron chi connectivity index (χ4n) is 2.77. The topological polar surface area (TPSA) is 51.0 Å². The quantitative estimate of drug-likeness (QED) is 0.876. The molecule has 2 aromatic rings. The van der Waals surface area contributed by atoms with Crippen LogP contribution in [0.4, 0.5) is 0 Å². The van der Waals surface area contributed by atoms with Crippen molar-refractivity contribution in [2.75, 3.05) is 6.54 Å². The van der Waals surface area contributed by atoms with E-state index in [1.807, 2.05) is 29.7 Å². The highest BCUT2D eigenvalue weighted by Crippen LogP contribution is 2.33. The summed E-state index contributed by atoms with van der Waals surface area (Å²) in [5.41, 5.74) is 1.70. The molecule has 1 atom stereocenters. The Morgan fingerprint density at radius 3 is 2.90 bits per heavy atom. The highest BCUT2D eigenvalue weighted by molar-refractivity contribution is 7.09. The number of carbonyl (C=O) groups excluding carboxylic acids is 1. The molecule has 0 bridgehead atoms. The van der Waals surface area contributed by atoms with E-state index in [0.29, 0.717) is 11.6 Å². The summed E-state index contributed by atoms with van der Waals surface area (Å²) in [5, 5.41) is 7.13. The Bertz CT molecular complexity index is 646. The van der Waals surface area contributed by atoms with E-state index in [1.54, 1.807) is 16.0 Å². The molecule has 2 aromatic heterocycles. The summed E-state index contributed by atoms with van der Waals surface area (Å²) in [6.45, 7) is 5.00. The van der Waals surface area contributed by atoms with Crippen LogP contribution in [0.25, 0.3) is 0 Å². The van der Waals surface area contributed by atoms with Crippen LogP contribution in [0.5, 0.6) is 0 Å². The lowest BCUT2D eigenvalue weighted by atomic mass is 10.1. The standard InChI is InChI=1S/C15H20N4OS/c1-10(2)14-17-12(9-21-14)15(20)19-6-4-5-13(19)11-7-16-18(3)8-11/h7-10,13H,4-6H2,1-3H3/t13-/m0/s1. The second-order valence-electron chi connectivity index (χ2n) is 5.83. The number of aryl methyl sites for hydroxylation is 1. The van der Waals surface area contributed by atoms with Crippen LogP contribution < -0.4 is 0 Å². The van der Waals surface area contributed by atoms with Crippen molar-refractivity contribution in [1.82, 2.24) is 19.7 Å². The SMILES string of the molecule is CC(C)c1nc(C(=O)N2CCC[C@H]2c2cnn(C)c2)cs1. The summed E-state index contributed by atoms with van der Waals surface area (Å²) in [6, 6.07) is 0.135. The van der Waals surface area contributed by atoms with E-state index in [1.165, 1.54) is 0 Å². The number of amides is 1. The van der Waals surface area contributed by atoms with Gasteiger partial charge in [0.25, 0.3) is 5.91 Å². The normalized spacial score (nSPS) is 18.7. The van der Waals surface area contributed by atoms with Crippen molar-refractivity contribution in [3.8, 4) is 0 Å². The minimum Gasteiger partial charge on any atom is -0.330 e. The molecule has 112 valence electrons. The zero-order valence-corrected chi connectivity index (χ0v) is 13.4. The van der Waals surface area contributed by atoms with E-state index in [-0.39, 0.29) is 11.9 Å². The molecule has 3 rings (SSSR count). The van der Waals surface area contributed by atoms with E-state index in [2.05, 4.69) is 23.9 Å². The van der Waals surface area contributed by atoms with E-state index >= 15 is 0 Å². The lowest BCUT2D eigenvalue weighted by Crippen LogP contribution is -2.30. The van der Waals surface area contributed by atoms with E-state index < -0.39 is 0 Å². The van der Waals surface area contributed by atoms with Gasteiger partial charge in [-0.05, 0) is 12.8 Å². The van der Waals surface area contributed by atoms with E-state index in [9.17, 15) is 4.79 Å². The molecular weight excluding hydrogens is 284 g/mol. The molecule has 5 nitrogen and oxygen atoms in total. The predicted octanol–water partition coefficient (Wildman–Crippen LogP) is 2.98. The maximum Gasteiger partial charge on any atom is 0.273 e. The van der Waals surface area contributed by atoms with Crippen molar-refractivity contribution in [2.45, 2.75) is 38.6 Å².